The lowest BCUT2D eigenvalue weighted by molar-refractivity contribution is 0.0889. The number of likely N-dealkylation sites (tertiary alicyclic amines) is 1. The van der Waals surface area contributed by atoms with Crippen LogP contribution in [0.5, 0.6) is 0 Å². The number of nitrogens with two attached hydrogens (primary N) is 1. The maximum Gasteiger partial charge on any atom is 0.255 e. The first-order valence-electron chi connectivity index (χ1n) is 7.76. The van der Waals surface area contributed by atoms with E-state index in [1.807, 2.05) is 6.92 Å². The maximum absolute atomic E-state index is 12.1. The average molecular weight is 290 g/mol. The number of pyridine rings is 1. The Bertz CT molecular complexity index is 493. The fourth-order valence-electron chi connectivity index (χ4n) is 3.08. The quantitative estimate of drug-likeness (QED) is 0.889. The van der Waals surface area contributed by atoms with Crippen LogP contribution in [-0.2, 0) is 0 Å². The Balaban J connectivity index is 1.86. The molecule has 3 N–H and O–H groups in total. The highest BCUT2D eigenvalue weighted by Crippen LogP contribution is 2.21. The van der Waals surface area contributed by atoms with Crippen molar-refractivity contribution in [1.29, 1.82) is 0 Å². The number of nitrogens with zero attached hydrogens (tertiary/aromatic N) is 2. The smallest absolute Gasteiger partial charge is 0.255 e. The molecule has 2 heterocycles. The summed E-state index contributed by atoms with van der Waals surface area (Å²) in [6.45, 7) is 7.91. The number of aromatic nitrogens is 1. The van der Waals surface area contributed by atoms with E-state index < -0.39 is 0 Å². The number of anilines is 1. The number of rotatable bonds is 4. The van der Waals surface area contributed by atoms with Crippen molar-refractivity contribution in [3.63, 3.8) is 0 Å². The Hall–Kier alpha value is -1.62. The number of nitrogen functional groups attached to an aromatic ring is 1. The van der Waals surface area contributed by atoms with Crippen molar-refractivity contribution < 1.29 is 4.79 Å². The monoisotopic (exact) mass is 290 g/mol. The lowest BCUT2D eigenvalue weighted by atomic mass is 9.98. The summed E-state index contributed by atoms with van der Waals surface area (Å²) in [5.74, 6) is 0.157. The molecule has 1 aromatic rings. The third kappa shape index (κ3) is 3.94. The van der Waals surface area contributed by atoms with Crippen LogP contribution in [0.3, 0.4) is 0 Å². The first kappa shape index (κ1) is 15.8. The van der Waals surface area contributed by atoms with Crippen molar-refractivity contribution in [2.75, 3.05) is 18.8 Å². The number of carbonyl (C=O) groups excluding carboxylic acids is 1. The molecule has 1 aliphatic rings. The number of aryl methyl sites for hydroxylation is 1. The van der Waals surface area contributed by atoms with Crippen molar-refractivity contribution in [2.45, 2.75) is 52.1 Å². The van der Waals surface area contributed by atoms with Gasteiger partial charge in [-0.25, -0.2) is 4.98 Å². The fourth-order valence-corrected chi connectivity index (χ4v) is 3.08. The van der Waals surface area contributed by atoms with Crippen LogP contribution in [0.4, 0.5) is 5.82 Å². The summed E-state index contributed by atoms with van der Waals surface area (Å²) >= 11 is 0. The predicted molar refractivity (Wildman–Crippen MR) is 85.2 cm³/mol. The van der Waals surface area contributed by atoms with Gasteiger partial charge < -0.3 is 11.1 Å². The van der Waals surface area contributed by atoms with Gasteiger partial charge in [0.1, 0.15) is 5.82 Å². The van der Waals surface area contributed by atoms with Crippen LogP contribution in [0, 0.1) is 6.92 Å². The second-order valence-electron chi connectivity index (χ2n) is 6.01. The number of amides is 1. The molecular formula is C16H26N4O. The zero-order chi connectivity index (χ0) is 15.4. The Morgan fingerprint density at radius 3 is 2.67 bits per heavy atom. The zero-order valence-electron chi connectivity index (χ0n) is 13.2. The molecule has 1 amide bonds. The molecule has 0 bridgehead atoms. The normalized spacial score (nSPS) is 23.0. The highest BCUT2D eigenvalue weighted by molar-refractivity contribution is 5.98. The van der Waals surface area contributed by atoms with Crippen molar-refractivity contribution in [1.82, 2.24) is 15.2 Å². The summed E-state index contributed by atoms with van der Waals surface area (Å²) in [7, 11) is 0. The van der Waals surface area contributed by atoms with E-state index in [1.165, 1.54) is 19.3 Å². The molecule has 1 fully saturated rings. The van der Waals surface area contributed by atoms with Crippen LogP contribution >= 0.6 is 0 Å². The molecule has 0 radical (unpaired) electrons. The summed E-state index contributed by atoms with van der Waals surface area (Å²) in [4.78, 5) is 18.7. The largest absolute Gasteiger partial charge is 0.383 e. The molecule has 5 heteroatoms. The van der Waals surface area contributed by atoms with E-state index in [0.29, 0.717) is 30.0 Å². The summed E-state index contributed by atoms with van der Waals surface area (Å²) in [6, 6.07) is 4.73. The first-order valence-corrected chi connectivity index (χ1v) is 7.76. The lowest BCUT2D eigenvalue weighted by Crippen LogP contribution is -2.47. The van der Waals surface area contributed by atoms with E-state index in [9.17, 15) is 4.79 Å². The van der Waals surface area contributed by atoms with E-state index in [1.54, 1.807) is 12.1 Å². The number of carbonyl (C=O) groups is 1. The van der Waals surface area contributed by atoms with E-state index in [-0.39, 0.29) is 5.91 Å². The third-order valence-electron chi connectivity index (χ3n) is 4.34. The Kier molecular flexibility index (Phi) is 5.17. The molecule has 2 atom stereocenters. The van der Waals surface area contributed by atoms with E-state index >= 15 is 0 Å². The van der Waals surface area contributed by atoms with Gasteiger partial charge in [-0.3, -0.25) is 9.69 Å². The molecule has 5 nitrogen and oxygen atoms in total. The second kappa shape index (κ2) is 6.89. The highest BCUT2D eigenvalue weighted by atomic mass is 16.1. The molecule has 1 aromatic heterocycles. The van der Waals surface area contributed by atoms with Crippen LogP contribution in [-0.4, -0.2) is 41.0 Å². The van der Waals surface area contributed by atoms with Crippen molar-refractivity contribution in [3.8, 4) is 0 Å². The van der Waals surface area contributed by atoms with Gasteiger partial charge in [0, 0.05) is 30.9 Å². The number of hydrogen-bond acceptors (Lipinski definition) is 4. The van der Waals surface area contributed by atoms with Gasteiger partial charge >= 0.3 is 0 Å². The standard InChI is InChI=1S/C16H26N4O/c1-11-7-8-14(15(17)19-11)16(21)18-9-10-20-12(2)5-4-6-13(20)3/h7-8,12-13H,4-6,9-10H2,1-3H3,(H2,17,19)(H,18,21)/t12-,13+. The van der Waals surface area contributed by atoms with E-state index in [2.05, 4.69) is 29.0 Å². The van der Waals surface area contributed by atoms with Gasteiger partial charge in [0.15, 0.2) is 0 Å². The molecule has 2 rings (SSSR count). The molecule has 0 aromatic carbocycles. The highest BCUT2D eigenvalue weighted by Gasteiger charge is 2.24. The molecule has 1 saturated heterocycles. The van der Waals surface area contributed by atoms with Crippen LogP contribution < -0.4 is 11.1 Å². The molecule has 0 spiro atoms. The molecule has 0 aliphatic carbocycles. The van der Waals surface area contributed by atoms with Gasteiger partial charge in [0.05, 0.1) is 5.56 Å². The molecular weight excluding hydrogens is 264 g/mol. The minimum Gasteiger partial charge on any atom is -0.383 e. The second-order valence-corrected chi connectivity index (χ2v) is 6.01. The first-order chi connectivity index (χ1) is 9.99. The summed E-state index contributed by atoms with van der Waals surface area (Å²) in [5.41, 5.74) is 7.08. The number of nitrogens with one attached hydrogen (secondary N) is 1. The summed E-state index contributed by atoms with van der Waals surface area (Å²) < 4.78 is 0. The minimum atomic E-state index is -0.141. The maximum atomic E-state index is 12.1. The molecule has 21 heavy (non-hydrogen) atoms. The number of hydrogen-bond donors (Lipinski definition) is 2. The summed E-state index contributed by atoms with van der Waals surface area (Å²) in [5, 5.41) is 2.95. The van der Waals surface area contributed by atoms with Crippen molar-refractivity contribution in [2.24, 2.45) is 0 Å². The van der Waals surface area contributed by atoms with Crippen LogP contribution in [0.25, 0.3) is 0 Å². The Morgan fingerprint density at radius 2 is 2.05 bits per heavy atom. The average Bonchev–Trinajstić information content (AvgIpc) is 2.42. The van der Waals surface area contributed by atoms with E-state index in [4.69, 9.17) is 5.73 Å². The van der Waals surface area contributed by atoms with Gasteiger partial charge in [-0.1, -0.05) is 6.42 Å². The molecule has 1 aliphatic heterocycles. The van der Waals surface area contributed by atoms with Gasteiger partial charge in [-0.05, 0) is 45.7 Å². The van der Waals surface area contributed by atoms with E-state index in [0.717, 1.165) is 12.2 Å². The zero-order valence-corrected chi connectivity index (χ0v) is 13.2. The lowest BCUT2D eigenvalue weighted by Gasteiger charge is -2.39. The van der Waals surface area contributed by atoms with Gasteiger partial charge in [-0.2, -0.15) is 0 Å². The number of piperidine rings is 1. The Morgan fingerprint density at radius 1 is 1.38 bits per heavy atom. The topological polar surface area (TPSA) is 71.2 Å². The fraction of sp³-hybridized carbons (Fsp3) is 0.625. The van der Waals surface area contributed by atoms with Crippen LogP contribution in [0.15, 0.2) is 12.1 Å². The van der Waals surface area contributed by atoms with Gasteiger partial charge in [0.25, 0.3) is 5.91 Å². The van der Waals surface area contributed by atoms with Crippen molar-refractivity contribution >= 4 is 11.7 Å². The van der Waals surface area contributed by atoms with Crippen LogP contribution in [0.2, 0.25) is 0 Å². The van der Waals surface area contributed by atoms with Gasteiger partial charge in [-0.15, -0.1) is 0 Å². The van der Waals surface area contributed by atoms with Gasteiger partial charge in [0.2, 0.25) is 0 Å². The molecule has 116 valence electrons. The van der Waals surface area contributed by atoms with Crippen LogP contribution in [0.1, 0.15) is 49.2 Å². The minimum absolute atomic E-state index is 0.141. The Labute approximate surface area is 126 Å². The molecule has 0 unspecified atom stereocenters. The molecule has 0 saturated carbocycles. The SMILES string of the molecule is Cc1ccc(C(=O)NCCN2[C@H](C)CCC[C@@H]2C)c(N)n1. The predicted octanol–water partition coefficient (Wildman–Crippen LogP) is 1.96. The third-order valence-corrected chi connectivity index (χ3v) is 4.34. The van der Waals surface area contributed by atoms with Crippen molar-refractivity contribution in [3.05, 3.63) is 23.4 Å². The summed E-state index contributed by atoms with van der Waals surface area (Å²) in [6.07, 6.45) is 3.79.